The summed E-state index contributed by atoms with van der Waals surface area (Å²) in [5.41, 5.74) is 1.84. The zero-order valence-corrected chi connectivity index (χ0v) is 10.8. The van der Waals surface area contributed by atoms with Crippen molar-refractivity contribution in [1.29, 1.82) is 0 Å². The zero-order chi connectivity index (χ0) is 14.1. The molecule has 0 radical (unpaired) electrons. The summed E-state index contributed by atoms with van der Waals surface area (Å²) in [6.07, 6.45) is 2.08. The number of H-pyrrole nitrogens is 1. The molecule has 1 saturated heterocycles. The van der Waals surface area contributed by atoms with Crippen LogP contribution in [0, 0.1) is 0 Å². The van der Waals surface area contributed by atoms with Crippen LogP contribution in [-0.4, -0.2) is 63.7 Å². The number of carboxylic acid groups (broad SMARTS) is 1. The van der Waals surface area contributed by atoms with Crippen LogP contribution in [0.25, 0.3) is 0 Å². The number of carboxylic acids is 1. The van der Waals surface area contributed by atoms with Crippen LogP contribution in [0.4, 0.5) is 0 Å². The summed E-state index contributed by atoms with van der Waals surface area (Å²) < 4.78 is 5.14. The molecule has 0 spiro atoms. The number of aromatic amines is 1. The van der Waals surface area contributed by atoms with Crippen molar-refractivity contribution in [3.8, 4) is 0 Å². The molecule has 3 rings (SSSR count). The van der Waals surface area contributed by atoms with Gasteiger partial charge in [0.2, 0.25) is 5.91 Å². The number of nitrogens with one attached hydrogen (secondary N) is 2. The predicted octanol–water partition coefficient (Wildman–Crippen LogP) is -1.26. The maximum atomic E-state index is 12.5. The fourth-order valence-electron chi connectivity index (χ4n) is 2.62. The number of carbonyl (C=O) groups is 2. The molecule has 8 heteroatoms. The number of carbonyl (C=O) groups excluding carboxylic acids is 1. The van der Waals surface area contributed by atoms with Gasteiger partial charge in [-0.3, -0.25) is 10.1 Å². The molecule has 3 N–H and O–H groups in total. The quantitative estimate of drug-likeness (QED) is 0.624. The van der Waals surface area contributed by atoms with E-state index in [1.807, 2.05) is 0 Å². The fraction of sp³-hybridized carbons (Fsp3) is 0.583. The Labute approximate surface area is 115 Å². The van der Waals surface area contributed by atoms with Crippen molar-refractivity contribution >= 4 is 11.9 Å². The monoisotopic (exact) mass is 280 g/mol. The number of aromatic nitrogens is 2. The number of nitrogens with zero attached hydrogens (tertiary/aromatic N) is 2. The van der Waals surface area contributed by atoms with Gasteiger partial charge in [-0.05, 0) is 0 Å². The Balaban J connectivity index is 1.73. The van der Waals surface area contributed by atoms with E-state index in [0.717, 1.165) is 11.4 Å². The first-order chi connectivity index (χ1) is 9.66. The highest BCUT2D eigenvalue weighted by Gasteiger charge is 2.37. The zero-order valence-electron chi connectivity index (χ0n) is 10.8. The SMILES string of the molecule is O=C(O)C1COCCN1C(=O)C1Cc2nc[nH]c2CN1. The maximum absolute atomic E-state index is 12.5. The summed E-state index contributed by atoms with van der Waals surface area (Å²) in [6, 6.07) is -1.33. The van der Waals surface area contributed by atoms with Crippen LogP contribution in [0.3, 0.4) is 0 Å². The molecular weight excluding hydrogens is 264 g/mol. The number of hydrogen-bond acceptors (Lipinski definition) is 5. The Morgan fingerprint density at radius 1 is 1.50 bits per heavy atom. The summed E-state index contributed by atoms with van der Waals surface area (Å²) in [6.45, 7) is 1.26. The third-order valence-corrected chi connectivity index (χ3v) is 3.72. The highest BCUT2D eigenvalue weighted by molar-refractivity contribution is 5.87. The molecule has 108 valence electrons. The van der Waals surface area contributed by atoms with Crippen molar-refractivity contribution in [2.45, 2.75) is 25.0 Å². The van der Waals surface area contributed by atoms with Crippen LogP contribution in [0.5, 0.6) is 0 Å². The molecule has 2 unspecified atom stereocenters. The number of fused-ring (bicyclic) bond motifs is 1. The Kier molecular flexibility index (Phi) is 3.41. The van der Waals surface area contributed by atoms with Gasteiger partial charge in [0.05, 0.1) is 37.0 Å². The maximum Gasteiger partial charge on any atom is 0.328 e. The lowest BCUT2D eigenvalue weighted by Gasteiger charge is -2.36. The number of hydrogen-bond donors (Lipinski definition) is 3. The summed E-state index contributed by atoms with van der Waals surface area (Å²) >= 11 is 0. The van der Waals surface area contributed by atoms with Gasteiger partial charge in [-0.25, -0.2) is 9.78 Å². The lowest BCUT2D eigenvalue weighted by molar-refractivity contribution is -0.159. The van der Waals surface area contributed by atoms with Crippen LogP contribution in [-0.2, 0) is 27.3 Å². The Morgan fingerprint density at radius 2 is 2.35 bits per heavy atom. The topological polar surface area (TPSA) is 108 Å². The van der Waals surface area contributed by atoms with Crippen molar-refractivity contribution in [1.82, 2.24) is 20.2 Å². The van der Waals surface area contributed by atoms with Crippen molar-refractivity contribution in [3.05, 3.63) is 17.7 Å². The molecule has 0 aromatic carbocycles. The van der Waals surface area contributed by atoms with Gasteiger partial charge >= 0.3 is 5.97 Å². The van der Waals surface area contributed by atoms with E-state index in [4.69, 9.17) is 9.84 Å². The number of morpholine rings is 1. The van der Waals surface area contributed by atoms with Crippen LogP contribution in [0.1, 0.15) is 11.4 Å². The van der Waals surface area contributed by atoms with E-state index in [2.05, 4.69) is 15.3 Å². The number of imidazole rings is 1. The standard InChI is InChI=1S/C12H16N4O4/c17-11(16-1-2-20-5-10(16)12(18)19)8-3-7-9(4-13-8)15-6-14-7/h6,8,10,13H,1-5H2,(H,14,15)(H,18,19). The number of rotatable bonds is 2. The first-order valence-corrected chi connectivity index (χ1v) is 6.52. The Bertz CT molecular complexity index is 529. The minimum absolute atomic E-state index is 0.0431. The van der Waals surface area contributed by atoms with Gasteiger partial charge in [0, 0.05) is 19.5 Å². The van der Waals surface area contributed by atoms with Gasteiger partial charge < -0.3 is 19.7 Å². The highest BCUT2D eigenvalue weighted by Crippen LogP contribution is 2.16. The first-order valence-electron chi connectivity index (χ1n) is 6.52. The molecule has 2 aliphatic rings. The smallest absolute Gasteiger partial charge is 0.328 e. The van der Waals surface area contributed by atoms with E-state index in [-0.39, 0.29) is 12.5 Å². The lowest BCUT2D eigenvalue weighted by atomic mass is 10.0. The van der Waals surface area contributed by atoms with Crippen LogP contribution in [0.2, 0.25) is 0 Å². The van der Waals surface area contributed by atoms with E-state index < -0.39 is 18.1 Å². The summed E-state index contributed by atoms with van der Waals surface area (Å²) in [7, 11) is 0. The van der Waals surface area contributed by atoms with Crippen LogP contribution >= 0.6 is 0 Å². The molecule has 1 amide bonds. The van der Waals surface area contributed by atoms with E-state index >= 15 is 0 Å². The molecule has 0 saturated carbocycles. The molecule has 8 nitrogen and oxygen atoms in total. The second kappa shape index (κ2) is 5.22. The molecule has 2 aliphatic heterocycles. The first kappa shape index (κ1) is 13.1. The van der Waals surface area contributed by atoms with Crippen molar-refractivity contribution in [2.24, 2.45) is 0 Å². The van der Waals surface area contributed by atoms with E-state index in [1.54, 1.807) is 6.33 Å². The second-order valence-electron chi connectivity index (χ2n) is 4.93. The van der Waals surface area contributed by atoms with E-state index in [0.29, 0.717) is 26.1 Å². The average molecular weight is 280 g/mol. The molecule has 1 aromatic rings. The van der Waals surface area contributed by atoms with Gasteiger partial charge in [-0.2, -0.15) is 0 Å². The molecule has 1 aromatic heterocycles. The van der Waals surface area contributed by atoms with Crippen molar-refractivity contribution < 1.29 is 19.4 Å². The lowest BCUT2D eigenvalue weighted by Crippen LogP contribution is -2.58. The van der Waals surface area contributed by atoms with Gasteiger partial charge in [-0.1, -0.05) is 0 Å². The number of ether oxygens (including phenoxy) is 1. The Hall–Kier alpha value is -1.93. The van der Waals surface area contributed by atoms with Crippen molar-refractivity contribution in [2.75, 3.05) is 19.8 Å². The van der Waals surface area contributed by atoms with Crippen LogP contribution < -0.4 is 5.32 Å². The highest BCUT2D eigenvalue weighted by atomic mass is 16.5. The minimum atomic E-state index is -1.03. The van der Waals surface area contributed by atoms with Crippen molar-refractivity contribution in [3.63, 3.8) is 0 Å². The Morgan fingerprint density at radius 3 is 3.15 bits per heavy atom. The minimum Gasteiger partial charge on any atom is -0.480 e. The molecule has 2 atom stereocenters. The van der Waals surface area contributed by atoms with E-state index in [1.165, 1.54) is 4.90 Å². The van der Waals surface area contributed by atoms with E-state index in [9.17, 15) is 9.59 Å². The molecule has 0 bridgehead atoms. The van der Waals surface area contributed by atoms with Gasteiger partial charge in [0.15, 0.2) is 6.04 Å². The van der Waals surface area contributed by atoms with Crippen LogP contribution in [0.15, 0.2) is 6.33 Å². The van der Waals surface area contributed by atoms with Gasteiger partial charge in [0.1, 0.15) is 0 Å². The van der Waals surface area contributed by atoms with Gasteiger partial charge in [-0.15, -0.1) is 0 Å². The third-order valence-electron chi connectivity index (χ3n) is 3.72. The average Bonchev–Trinajstić information content (AvgIpc) is 2.93. The number of amides is 1. The molecule has 3 heterocycles. The fourth-order valence-corrected chi connectivity index (χ4v) is 2.62. The summed E-state index contributed by atoms with van der Waals surface area (Å²) in [5, 5.41) is 12.3. The summed E-state index contributed by atoms with van der Waals surface area (Å²) in [5.74, 6) is -1.23. The molecule has 1 fully saturated rings. The molecule has 0 aliphatic carbocycles. The normalized spacial score (nSPS) is 26.1. The largest absolute Gasteiger partial charge is 0.480 e. The summed E-state index contributed by atoms with van der Waals surface area (Å²) in [4.78, 5) is 32.3. The second-order valence-corrected chi connectivity index (χ2v) is 4.93. The van der Waals surface area contributed by atoms with Gasteiger partial charge in [0.25, 0.3) is 0 Å². The molecule has 20 heavy (non-hydrogen) atoms. The molecular formula is C12H16N4O4. The predicted molar refractivity (Wildman–Crippen MR) is 66.9 cm³/mol. The third kappa shape index (κ3) is 2.27. The number of aliphatic carboxylic acids is 1.